The molecule has 0 bridgehead atoms. The Hall–Kier alpha value is -1.30. The fraction of sp³-hybridized carbons (Fsp3) is 0.500. The second-order valence-corrected chi connectivity index (χ2v) is 4.31. The van der Waals surface area contributed by atoms with Gasteiger partial charge in [0.1, 0.15) is 5.82 Å². The Labute approximate surface area is 102 Å². The fourth-order valence-electron chi connectivity index (χ4n) is 1.91. The predicted octanol–water partition coefficient (Wildman–Crippen LogP) is 2.81. The van der Waals surface area contributed by atoms with E-state index in [1.54, 1.807) is 4.90 Å². The van der Waals surface area contributed by atoms with Gasteiger partial charge in [-0.3, -0.25) is 0 Å². The standard InChI is InChI=1S/C12H13F4NO/c13-10-7-8(12(14,15)16)1-4-11(10)17(5-6-18)9-2-3-9/h1,4,7,9,18H,2-3,5-6H2. The molecule has 0 radical (unpaired) electrons. The molecule has 1 aliphatic carbocycles. The molecule has 2 nitrogen and oxygen atoms in total. The van der Waals surface area contributed by atoms with Crippen LogP contribution >= 0.6 is 0 Å². The van der Waals surface area contributed by atoms with Crippen LogP contribution in [0.4, 0.5) is 23.2 Å². The largest absolute Gasteiger partial charge is 0.416 e. The lowest BCUT2D eigenvalue weighted by atomic mass is 10.1. The molecule has 1 aromatic carbocycles. The first-order valence-corrected chi connectivity index (χ1v) is 5.67. The van der Waals surface area contributed by atoms with Crippen LogP contribution in [0.3, 0.4) is 0 Å². The molecule has 0 unspecified atom stereocenters. The average Bonchev–Trinajstić information content (AvgIpc) is 3.09. The van der Waals surface area contributed by atoms with E-state index in [0.717, 1.165) is 25.0 Å². The fourth-order valence-corrected chi connectivity index (χ4v) is 1.91. The van der Waals surface area contributed by atoms with Crippen molar-refractivity contribution in [2.45, 2.75) is 25.1 Å². The van der Waals surface area contributed by atoms with Gasteiger partial charge in [0.2, 0.25) is 0 Å². The number of benzene rings is 1. The van der Waals surface area contributed by atoms with Crippen LogP contribution in [0.2, 0.25) is 0 Å². The summed E-state index contributed by atoms with van der Waals surface area (Å²) in [7, 11) is 0. The minimum Gasteiger partial charge on any atom is -0.395 e. The molecule has 0 amide bonds. The minimum atomic E-state index is -4.54. The van der Waals surface area contributed by atoms with Crippen molar-refractivity contribution in [2.24, 2.45) is 0 Å². The highest BCUT2D eigenvalue weighted by Crippen LogP contribution is 2.36. The van der Waals surface area contributed by atoms with Crippen molar-refractivity contribution >= 4 is 5.69 Å². The molecule has 18 heavy (non-hydrogen) atoms. The molecular formula is C12H13F4NO. The molecule has 1 N–H and O–H groups in total. The molecule has 0 aliphatic heterocycles. The third kappa shape index (κ3) is 2.75. The van der Waals surface area contributed by atoms with Crippen LogP contribution in [0, 0.1) is 5.82 Å². The van der Waals surface area contributed by atoms with E-state index in [1.807, 2.05) is 0 Å². The van der Waals surface area contributed by atoms with Gasteiger partial charge in [-0.1, -0.05) is 0 Å². The van der Waals surface area contributed by atoms with Crippen LogP contribution in [0.15, 0.2) is 18.2 Å². The smallest absolute Gasteiger partial charge is 0.395 e. The van der Waals surface area contributed by atoms with Crippen molar-refractivity contribution in [3.63, 3.8) is 0 Å². The Bertz CT molecular complexity index is 429. The van der Waals surface area contributed by atoms with Gasteiger partial charge in [0.05, 0.1) is 17.9 Å². The van der Waals surface area contributed by atoms with Gasteiger partial charge < -0.3 is 10.0 Å². The summed E-state index contributed by atoms with van der Waals surface area (Å²) in [5.74, 6) is -0.898. The first-order chi connectivity index (χ1) is 8.43. The molecular weight excluding hydrogens is 250 g/mol. The summed E-state index contributed by atoms with van der Waals surface area (Å²) >= 11 is 0. The minimum absolute atomic E-state index is 0.125. The third-order valence-electron chi connectivity index (χ3n) is 2.91. The second kappa shape index (κ2) is 4.76. The zero-order valence-electron chi connectivity index (χ0n) is 9.54. The molecule has 100 valence electrons. The van der Waals surface area contributed by atoms with E-state index in [4.69, 9.17) is 5.11 Å². The molecule has 1 aliphatic rings. The Morgan fingerprint density at radius 3 is 2.39 bits per heavy atom. The molecule has 0 spiro atoms. The number of halogens is 4. The van der Waals surface area contributed by atoms with E-state index >= 15 is 0 Å². The van der Waals surface area contributed by atoms with Crippen LogP contribution in [0.25, 0.3) is 0 Å². The van der Waals surface area contributed by atoms with Gasteiger partial charge in [-0.25, -0.2) is 4.39 Å². The van der Waals surface area contributed by atoms with Gasteiger partial charge in [-0.2, -0.15) is 13.2 Å². The van der Waals surface area contributed by atoms with Crippen LogP contribution in [0.5, 0.6) is 0 Å². The monoisotopic (exact) mass is 263 g/mol. The molecule has 1 aromatic rings. The maximum Gasteiger partial charge on any atom is 0.416 e. The third-order valence-corrected chi connectivity index (χ3v) is 2.91. The summed E-state index contributed by atoms with van der Waals surface area (Å²) in [5.41, 5.74) is -0.872. The summed E-state index contributed by atoms with van der Waals surface area (Å²) in [6.07, 6.45) is -2.79. The van der Waals surface area contributed by atoms with Crippen LogP contribution in [-0.2, 0) is 6.18 Å². The SMILES string of the molecule is OCCN(c1ccc(C(F)(F)F)cc1F)C1CC1. The molecule has 1 fully saturated rings. The maximum atomic E-state index is 13.7. The molecule has 0 heterocycles. The quantitative estimate of drug-likeness (QED) is 0.844. The van der Waals surface area contributed by atoms with Crippen molar-refractivity contribution in [1.29, 1.82) is 0 Å². The average molecular weight is 263 g/mol. The van der Waals surface area contributed by atoms with Gasteiger partial charge in [0.25, 0.3) is 0 Å². The zero-order valence-corrected chi connectivity index (χ0v) is 9.54. The first-order valence-electron chi connectivity index (χ1n) is 5.67. The second-order valence-electron chi connectivity index (χ2n) is 4.31. The zero-order chi connectivity index (χ0) is 13.3. The van der Waals surface area contributed by atoms with Crippen LogP contribution in [-0.4, -0.2) is 24.3 Å². The molecule has 6 heteroatoms. The van der Waals surface area contributed by atoms with Gasteiger partial charge in [-0.05, 0) is 31.0 Å². The van der Waals surface area contributed by atoms with E-state index in [-0.39, 0.29) is 24.9 Å². The summed E-state index contributed by atoms with van der Waals surface area (Å²) in [6, 6.07) is 2.63. The Balaban J connectivity index is 2.28. The van der Waals surface area contributed by atoms with Crippen molar-refractivity contribution in [3.05, 3.63) is 29.6 Å². The lowest BCUT2D eigenvalue weighted by Gasteiger charge is -2.24. The predicted molar refractivity (Wildman–Crippen MR) is 58.9 cm³/mol. The number of hydrogen-bond acceptors (Lipinski definition) is 2. The highest BCUT2D eigenvalue weighted by atomic mass is 19.4. The van der Waals surface area contributed by atoms with Crippen molar-refractivity contribution in [3.8, 4) is 0 Å². The molecule has 0 aromatic heterocycles. The lowest BCUT2D eigenvalue weighted by molar-refractivity contribution is -0.137. The topological polar surface area (TPSA) is 23.5 Å². The lowest BCUT2D eigenvalue weighted by Crippen LogP contribution is -2.29. The molecule has 1 saturated carbocycles. The van der Waals surface area contributed by atoms with Crippen molar-refractivity contribution in [1.82, 2.24) is 0 Å². The Kier molecular flexibility index (Phi) is 3.47. The number of nitrogens with zero attached hydrogens (tertiary/aromatic N) is 1. The molecule has 0 saturated heterocycles. The number of alkyl halides is 3. The highest BCUT2D eigenvalue weighted by molar-refractivity contribution is 5.51. The van der Waals surface area contributed by atoms with Crippen molar-refractivity contribution in [2.75, 3.05) is 18.1 Å². The number of anilines is 1. The summed E-state index contributed by atoms with van der Waals surface area (Å²) in [6.45, 7) is 0.0733. The van der Waals surface area contributed by atoms with E-state index in [0.29, 0.717) is 6.07 Å². The number of aliphatic hydroxyl groups is 1. The summed E-state index contributed by atoms with van der Waals surface area (Å²) in [4.78, 5) is 1.62. The van der Waals surface area contributed by atoms with Gasteiger partial charge in [0.15, 0.2) is 0 Å². The first kappa shape index (κ1) is 13.1. The van der Waals surface area contributed by atoms with Crippen molar-refractivity contribution < 1.29 is 22.7 Å². The molecule has 0 atom stereocenters. The van der Waals surface area contributed by atoms with Gasteiger partial charge >= 0.3 is 6.18 Å². The van der Waals surface area contributed by atoms with E-state index in [1.165, 1.54) is 0 Å². The number of hydrogen-bond donors (Lipinski definition) is 1. The Morgan fingerprint density at radius 2 is 1.94 bits per heavy atom. The summed E-state index contributed by atoms with van der Waals surface area (Å²) in [5, 5.41) is 8.91. The number of aliphatic hydroxyl groups excluding tert-OH is 1. The van der Waals surface area contributed by atoms with E-state index in [2.05, 4.69) is 0 Å². The van der Waals surface area contributed by atoms with Crippen LogP contribution in [0.1, 0.15) is 18.4 Å². The normalized spacial score (nSPS) is 15.8. The van der Waals surface area contributed by atoms with Gasteiger partial charge in [-0.15, -0.1) is 0 Å². The van der Waals surface area contributed by atoms with Crippen LogP contribution < -0.4 is 4.90 Å². The van der Waals surface area contributed by atoms with E-state index < -0.39 is 17.6 Å². The Morgan fingerprint density at radius 1 is 1.28 bits per heavy atom. The van der Waals surface area contributed by atoms with Gasteiger partial charge in [0, 0.05) is 12.6 Å². The maximum absolute atomic E-state index is 13.7. The number of rotatable bonds is 4. The highest BCUT2D eigenvalue weighted by Gasteiger charge is 2.34. The van der Waals surface area contributed by atoms with E-state index in [9.17, 15) is 17.6 Å². The summed E-state index contributed by atoms with van der Waals surface area (Å²) < 4.78 is 50.9. The molecule has 2 rings (SSSR count).